The molecule has 4 heteroatoms. The predicted molar refractivity (Wildman–Crippen MR) is 131 cm³/mol. The van der Waals surface area contributed by atoms with Crippen molar-refractivity contribution in [1.29, 1.82) is 0 Å². The van der Waals surface area contributed by atoms with Crippen LogP contribution in [-0.2, 0) is 27.9 Å². The van der Waals surface area contributed by atoms with E-state index in [2.05, 4.69) is 61.5 Å². The molecule has 0 radical (unpaired) electrons. The Morgan fingerprint density at radius 3 is 1.88 bits per heavy atom. The summed E-state index contributed by atoms with van der Waals surface area (Å²) in [5.74, 6) is 0.0428. The second-order valence-corrected chi connectivity index (χ2v) is 8.66. The monoisotopic (exact) mass is 443 g/mol. The highest BCUT2D eigenvalue weighted by Gasteiger charge is 2.50. The van der Waals surface area contributed by atoms with E-state index in [4.69, 9.17) is 9.47 Å². The van der Waals surface area contributed by atoms with Crippen LogP contribution in [0.15, 0.2) is 78.9 Å². The number of aryl methyl sites for hydroxylation is 1. The molecule has 3 aromatic carbocycles. The van der Waals surface area contributed by atoms with Gasteiger partial charge in [0.05, 0.1) is 12.1 Å². The van der Waals surface area contributed by atoms with Crippen LogP contribution in [0.25, 0.3) is 0 Å². The largest absolute Gasteiger partial charge is 0.351 e. The fraction of sp³-hybridized carbons (Fsp3) is 0.345. The van der Waals surface area contributed by atoms with Crippen molar-refractivity contribution < 1.29 is 14.3 Å². The summed E-state index contributed by atoms with van der Waals surface area (Å²) in [6.45, 7) is 7.45. The van der Waals surface area contributed by atoms with Crippen LogP contribution in [-0.4, -0.2) is 36.9 Å². The quantitative estimate of drug-likeness (QED) is 0.387. The lowest BCUT2D eigenvalue weighted by Gasteiger charge is -2.41. The van der Waals surface area contributed by atoms with Crippen LogP contribution in [0.3, 0.4) is 0 Å². The van der Waals surface area contributed by atoms with Gasteiger partial charge >= 0.3 is 0 Å². The maximum absolute atomic E-state index is 13.9. The number of hydrogen-bond acceptors (Lipinski definition) is 3. The molecule has 0 N–H and O–H groups in total. The Balaban J connectivity index is 1.87. The van der Waals surface area contributed by atoms with Gasteiger partial charge < -0.3 is 14.4 Å². The molecule has 0 fully saturated rings. The number of fused-ring (bicyclic) bond motifs is 1. The Morgan fingerprint density at radius 1 is 0.818 bits per heavy atom. The molecular formula is C29H33NO3. The van der Waals surface area contributed by atoms with Crippen LogP contribution in [0.4, 0.5) is 0 Å². The average molecular weight is 444 g/mol. The summed E-state index contributed by atoms with van der Waals surface area (Å²) >= 11 is 0. The number of benzene rings is 3. The number of ether oxygens (including phenoxy) is 2. The molecule has 1 heterocycles. The van der Waals surface area contributed by atoms with Crippen molar-refractivity contribution in [3.05, 3.63) is 107 Å². The minimum Gasteiger partial charge on any atom is -0.351 e. The smallest absolute Gasteiger partial charge is 0.255 e. The maximum Gasteiger partial charge on any atom is 0.255 e. The van der Waals surface area contributed by atoms with Crippen LogP contribution in [0.5, 0.6) is 0 Å². The molecule has 0 saturated carbocycles. The summed E-state index contributed by atoms with van der Waals surface area (Å²) < 4.78 is 11.8. The normalized spacial score (nSPS) is 14.7. The third-order valence-electron chi connectivity index (χ3n) is 6.38. The van der Waals surface area contributed by atoms with Gasteiger partial charge in [-0.15, -0.1) is 0 Å². The molecule has 0 saturated heterocycles. The molecule has 0 atom stereocenters. The Hall–Kier alpha value is -2.95. The molecule has 0 aliphatic carbocycles. The molecule has 1 aliphatic rings. The second kappa shape index (κ2) is 10.3. The molecule has 4 nitrogen and oxygen atoms in total. The zero-order valence-corrected chi connectivity index (χ0v) is 19.8. The SMILES string of the molecule is CCOC(CN1C(=O)c2ccc(C)cc2C1(Cc1ccccc1)Cc1ccccc1)OCC. The minimum absolute atomic E-state index is 0.0428. The summed E-state index contributed by atoms with van der Waals surface area (Å²) in [5.41, 5.74) is 4.88. The number of carbonyl (C=O) groups is 1. The molecule has 1 amide bonds. The Kier molecular flexibility index (Phi) is 7.26. The molecule has 0 aromatic heterocycles. The zero-order valence-electron chi connectivity index (χ0n) is 19.8. The highest BCUT2D eigenvalue weighted by atomic mass is 16.7. The van der Waals surface area contributed by atoms with Gasteiger partial charge in [-0.05, 0) is 43.5 Å². The first kappa shape index (κ1) is 23.2. The van der Waals surface area contributed by atoms with Crippen LogP contribution in [0, 0.1) is 6.92 Å². The highest BCUT2D eigenvalue weighted by molar-refractivity contribution is 6.00. The van der Waals surface area contributed by atoms with Crippen molar-refractivity contribution in [2.45, 2.75) is 45.4 Å². The topological polar surface area (TPSA) is 38.8 Å². The van der Waals surface area contributed by atoms with E-state index in [9.17, 15) is 4.79 Å². The van der Waals surface area contributed by atoms with Gasteiger partial charge in [-0.2, -0.15) is 0 Å². The summed E-state index contributed by atoms with van der Waals surface area (Å²) in [6.07, 6.45) is 0.969. The Bertz CT molecular complexity index is 1020. The Morgan fingerprint density at radius 2 is 1.36 bits per heavy atom. The van der Waals surface area contributed by atoms with Gasteiger partial charge in [-0.25, -0.2) is 0 Å². The van der Waals surface area contributed by atoms with Gasteiger partial charge in [0.1, 0.15) is 0 Å². The first-order chi connectivity index (χ1) is 16.1. The van der Waals surface area contributed by atoms with E-state index in [0.29, 0.717) is 19.8 Å². The summed E-state index contributed by atoms with van der Waals surface area (Å²) in [7, 11) is 0. The number of carbonyl (C=O) groups excluding carboxylic acids is 1. The van der Waals surface area contributed by atoms with E-state index >= 15 is 0 Å². The van der Waals surface area contributed by atoms with Crippen molar-refractivity contribution in [2.24, 2.45) is 0 Å². The third-order valence-corrected chi connectivity index (χ3v) is 6.38. The van der Waals surface area contributed by atoms with Crippen molar-refractivity contribution in [3.63, 3.8) is 0 Å². The fourth-order valence-corrected chi connectivity index (χ4v) is 4.96. The molecule has 0 spiro atoms. The molecule has 4 rings (SSSR count). The molecule has 0 bridgehead atoms. The molecule has 3 aromatic rings. The molecule has 33 heavy (non-hydrogen) atoms. The van der Waals surface area contributed by atoms with E-state index in [0.717, 1.165) is 29.5 Å². The summed E-state index contributed by atoms with van der Waals surface area (Å²) in [5, 5.41) is 0. The van der Waals surface area contributed by atoms with Gasteiger partial charge in [-0.3, -0.25) is 4.79 Å². The second-order valence-electron chi connectivity index (χ2n) is 8.66. The summed E-state index contributed by atoms with van der Waals surface area (Å²) in [6, 6.07) is 27.1. The first-order valence-electron chi connectivity index (χ1n) is 11.8. The molecule has 0 unspecified atom stereocenters. The maximum atomic E-state index is 13.9. The van der Waals surface area contributed by atoms with Crippen LogP contribution in [0.2, 0.25) is 0 Å². The first-order valence-corrected chi connectivity index (χ1v) is 11.8. The number of rotatable bonds is 10. The van der Waals surface area contributed by atoms with Gasteiger partial charge in [0.2, 0.25) is 0 Å². The van der Waals surface area contributed by atoms with Crippen molar-refractivity contribution in [1.82, 2.24) is 4.90 Å². The van der Waals surface area contributed by atoms with Crippen molar-refractivity contribution >= 4 is 5.91 Å². The van der Waals surface area contributed by atoms with Crippen LogP contribution < -0.4 is 0 Å². The Labute approximate surface area is 197 Å². The highest BCUT2D eigenvalue weighted by Crippen LogP contribution is 2.45. The van der Waals surface area contributed by atoms with Crippen molar-refractivity contribution in [2.75, 3.05) is 19.8 Å². The minimum atomic E-state index is -0.534. The number of hydrogen-bond donors (Lipinski definition) is 0. The number of amides is 1. The molecule has 1 aliphatic heterocycles. The van der Waals surface area contributed by atoms with Gasteiger partial charge in [0.15, 0.2) is 6.29 Å². The lowest BCUT2D eigenvalue weighted by atomic mass is 9.78. The third kappa shape index (κ3) is 4.87. The zero-order chi connectivity index (χ0) is 23.3. The van der Waals surface area contributed by atoms with Gasteiger partial charge in [-0.1, -0.05) is 78.4 Å². The van der Waals surface area contributed by atoms with Crippen molar-refractivity contribution in [3.8, 4) is 0 Å². The molecule has 172 valence electrons. The van der Waals surface area contributed by atoms with Gasteiger partial charge in [0.25, 0.3) is 5.91 Å². The fourth-order valence-electron chi connectivity index (χ4n) is 4.96. The standard InChI is InChI=1S/C29H33NO3/c1-4-32-27(33-5-2)21-30-28(31)25-17-16-22(3)18-26(25)29(30,19-23-12-8-6-9-13-23)20-24-14-10-7-11-15-24/h6-18,27H,4-5,19-21H2,1-3H3. The summed E-state index contributed by atoms with van der Waals surface area (Å²) in [4.78, 5) is 15.9. The van der Waals surface area contributed by atoms with Crippen LogP contribution in [0.1, 0.15) is 46.5 Å². The van der Waals surface area contributed by atoms with E-state index in [1.54, 1.807) is 0 Å². The van der Waals surface area contributed by atoms with E-state index in [-0.39, 0.29) is 5.91 Å². The number of nitrogens with zero attached hydrogens (tertiary/aromatic N) is 1. The van der Waals surface area contributed by atoms with Gasteiger partial charge in [0, 0.05) is 31.6 Å². The van der Waals surface area contributed by atoms with E-state index < -0.39 is 11.8 Å². The van der Waals surface area contributed by atoms with E-state index in [1.807, 2.05) is 43.0 Å². The van der Waals surface area contributed by atoms with E-state index in [1.165, 1.54) is 11.1 Å². The lowest BCUT2D eigenvalue weighted by Crippen LogP contribution is -2.51. The predicted octanol–water partition coefficient (Wildman–Crippen LogP) is 5.53. The van der Waals surface area contributed by atoms with Crippen LogP contribution >= 0.6 is 0 Å². The average Bonchev–Trinajstić information content (AvgIpc) is 3.03. The molecular weight excluding hydrogens is 410 g/mol. The lowest BCUT2D eigenvalue weighted by molar-refractivity contribution is -0.150.